The first-order chi connectivity index (χ1) is 12.4. The number of likely N-dealkylation sites (N-methyl/N-ethyl adjacent to an activating group) is 1. The molecule has 1 N–H and O–H groups in total. The molecule has 1 aliphatic rings. The molecule has 3 amide bonds. The molecule has 1 saturated heterocycles. The molecule has 0 aliphatic carbocycles. The van der Waals surface area contributed by atoms with E-state index in [-0.39, 0.29) is 24.0 Å². The van der Waals surface area contributed by atoms with Gasteiger partial charge in [-0.1, -0.05) is 18.2 Å². The number of rotatable bonds is 4. The highest BCUT2D eigenvalue weighted by atomic mass is 127. The van der Waals surface area contributed by atoms with Gasteiger partial charge in [0.25, 0.3) is 5.91 Å². The number of carbonyl (C=O) groups excluding carboxylic acids is 2. The molecule has 0 saturated carbocycles. The fraction of sp³-hybridized carbons (Fsp3) is 0.111. The van der Waals surface area contributed by atoms with E-state index < -0.39 is 6.03 Å². The van der Waals surface area contributed by atoms with Crippen LogP contribution in [0.15, 0.2) is 42.1 Å². The number of halogens is 3. The van der Waals surface area contributed by atoms with Crippen molar-refractivity contribution in [3.05, 3.63) is 66.2 Å². The number of hydrogen-bond donors (Lipinski definition) is 1. The van der Waals surface area contributed by atoms with E-state index in [1.165, 1.54) is 13.1 Å². The Balaban J connectivity index is 1.82. The minimum atomic E-state index is -0.449. The minimum Gasteiger partial charge on any atom is -0.487 e. The summed E-state index contributed by atoms with van der Waals surface area (Å²) in [6, 6.07) is 9.70. The Morgan fingerprint density at radius 3 is 2.42 bits per heavy atom. The second-order valence-electron chi connectivity index (χ2n) is 5.55. The van der Waals surface area contributed by atoms with Gasteiger partial charge in [-0.25, -0.2) is 9.18 Å². The quantitative estimate of drug-likeness (QED) is 0.338. The first kappa shape index (κ1) is 19.1. The molecule has 1 fully saturated rings. The van der Waals surface area contributed by atoms with Gasteiger partial charge in [-0.05, 0) is 75.0 Å². The summed E-state index contributed by atoms with van der Waals surface area (Å²) in [7, 11) is 1.42. The van der Waals surface area contributed by atoms with Crippen LogP contribution in [0.3, 0.4) is 0 Å². The number of nitrogens with zero attached hydrogens (tertiary/aromatic N) is 1. The number of benzene rings is 2. The summed E-state index contributed by atoms with van der Waals surface area (Å²) >= 11 is 4.26. The average Bonchev–Trinajstić information content (AvgIpc) is 2.82. The summed E-state index contributed by atoms with van der Waals surface area (Å²) in [5.74, 6) is -0.0334. The third kappa shape index (κ3) is 4.00. The summed E-state index contributed by atoms with van der Waals surface area (Å²) in [5, 5.41) is 2.53. The predicted molar refractivity (Wildman–Crippen MR) is 112 cm³/mol. The summed E-state index contributed by atoms with van der Waals surface area (Å²) in [4.78, 5) is 24.5. The molecule has 0 bridgehead atoms. The van der Waals surface area contributed by atoms with Crippen LogP contribution in [-0.2, 0) is 11.4 Å². The molecular weight excluding hydrogens is 565 g/mol. The van der Waals surface area contributed by atoms with E-state index in [0.717, 1.165) is 17.6 Å². The Bertz CT molecular complexity index is 907. The number of ether oxygens (including phenoxy) is 1. The van der Waals surface area contributed by atoms with Crippen molar-refractivity contribution in [2.75, 3.05) is 7.05 Å². The summed E-state index contributed by atoms with van der Waals surface area (Å²) in [6.45, 7) is 0.123. The van der Waals surface area contributed by atoms with E-state index in [9.17, 15) is 14.0 Å². The maximum absolute atomic E-state index is 13.7. The summed E-state index contributed by atoms with van der Waals surface area (Å²) in [5.41, 5.74) is 1.47. The number of carbonyl (C=O) groups is 2. The molecule has 1 aliphatic heterocycles. The fourth-order valence-corrected chi connectivity index (χ4v) is 4.48. The molecule has 26 heavy (non-hydrogen) atoms. The molecule has 0 radical (unpaired) electrons. The maximum atomic E-state index is 13.7. The van der Waals surface area contributed by atoms with Crippen LogP contribution < -0.4 is 10.1 Å². The van der Waals surface area contributed by atoms with E-state index in [2.05, 4.69) is 50.5 Å². The zero-order valence-corrected chi connectivity index (χ0v) is 17.9. The topological polar surface area (TPSA) is 58.6 Å². The number of amides is 3. The highest BCUT2D eigenvalue weighted by molar-refractivity contribution is 14.1. The van der Waals surface area contributed by atoms with E-state index in [1.54, 1.807) is 24.3 Å². The van der Waals surface area contributed by atoms with Gasteiger partial charge in [0.2, 0.25) is 0 Å². The Hall–Kier alpha value is -1.69. The standard InChI is InChI=1S/C18H13FI2N2O3/c1-23-17(24)15(22-18(23)25)8-10-6-13(20)16(14(21)7-10)26-9-11-4-2-3-5-12(11)19/h2-8H,9H2,1H3,(H,22,25)/b15-8+. The lowest BCUT2D eigenvalue weighted by Crippen LogP contribution is -2.25. The van der Waals surface area contributed by atoms with E-state index in [4.69, 9.17) is 4.74 Å². The van der Waals surface area contributed by atoms with Crippen molar-refractivity contribution in [1.29, 1.82) is 0 Å². The molecule has 2 aromatic rings. The largest absolute Gasteiger partial charge is 0.487 e. The van der Waals surface area contributed by atoms with Crippen LogP contribution in [0.2, 0.25) is 0 Å². The molecule has 5 nitrogen and oxygen atoms in total. The molecule has 1 heterocycles. The lowest BCUT2D eigenvalue weighted by atomic mass is 10.2. The van der Waals surface area contributed by atoms with Crippen molar-refractivity contribution in [2.45, 2.75) is 6.61 Å². The summed E-state index contributed by atoms with van der Waals surface area (Å²) < 4.78 is 21.2. The molecule has 3 rings (SSSR count). The van der Waals surface area contributed by atoms with Gasteiger partial charge in [-0.15, -0.1) is 0 Å². The van der Waals surface area contributed by atoms with Gasteiger partial charge >= 0.3 is 6.03 Å². The van der Waals surface area contributed by atoms with Crippen LogP contribution in [0.5, 0.6) is 5.75 Å². The van der Waals surface area contributed by atoms with Gasteiger partial charge < -0.3 is 10.1 Å². The molecule has 8 heteroatoms. The lowest BCUT2D eigenvalue weighted by Gasteiger charge is -2.12. The first-order valence-electron chi connectivity index (χ1n) is 7.53. The molecule has 134 valence electrons. The Labute approximate surface area is 176 Å². The van der Waals surface area contributed by atoms with Gasteiger partial charge in [0.1, 0.15) is 23.9 Å². The van der Waals surface area contributed by atoms with Crippen LogP contribution in [-0.4, -0.2) is 23.9 Å². The Morgan fingerprint density at radius 1 is 1.19 bits per heavy atom. The van der Waals surface area contributed by atoms with E-state index >= 15 is 0 Å². The van der Waals surface area contributed by atoms with Crippen LogP contribution >= 0.6 is 45.2 Å². The zero-order chi connectivity index (χ0) is 18.8. The minimum absolute atomic E-state index is 0.123. The SMILES string of the molecule is CN1C(=O)N/C(=C/c2cc(I)c(OCc3ccccc3F)c(I)c2)C1=O. The fourth-order valence-electron chi connectivity index (χ4n) is 2.36. The van der Waals surface area contributed by atoms with Crippen molar-refractivity contribution in [1.82, 2.24) is 10.2 Å². The Kier molecular flexibility index (Phi) is 5.80. The molecule has 0 atom stereocenters. The summed E-state index contributed by atoms with van der Waals surface area (Å²) in [6.07, 6.45) is 1.62. The number of hydrogen-bond acceptors (Lipinski definition) is 3. The molecule has 2 aromatic carbocycles. The van der Waals surface area contributed by atoms with Crippen molar-refractivity contribution in [2.24, 2.45) is 0 Å². The molecule has 0 aromatic heterocycles. The van der Waals surface area contributed by atoms with Crippen molar-refractivity contribution >= 4 is 63.2 Å². The smallest absolute Gasteiger partial charge is 0.328 e. The van der Waals surface area contributed by atoms with E-state index in [0.29, 0.717) is 11.3 Å². The second kappa shape index (κ2) is 7.91. The van der Waals surface area contributed by atoms with Gasteiger partial charge in [0, 0.05) is 12.6 Å². The monoisotopic (exact) mass is 578 g/mol. The van der Waals surface area contributed by atoms with Crippen molar-refractivity contribution in [3.63, 3.8) is 0 Å². The van der Waals surface area contributed by atoms with Crippen LogP contribution in [0.25, 0.3) is 6.08 Å². The van der Waals surface area contributed by atoms with Crippen LogP contribution in [0, 0.1) is 13.0 Å². The highest BCUT2D eigenvalue weighted by Crippen LogP contribution is 2.31. The van der Waals surface area contributed by atoms with Crippen molar-refractivity contribution in [3.8, 4) is 5.75 Å². The zero-order valence-electron chi connectivity index (χ0n) is 13.6. The predicted octanol–water partition coefficient (Wildman–Crippen LogP) is 4.14. The Morgan fingerprint density at radius 2 is 1.85 bits per heavy atom. The van der Waals surface area contributed by atoms with Gasteiger partial charge in [-0.3, -0.25) is 9.69 Å². The third-order valence-corrected chi connectivity index (χ3v) is 5.35. The normalized spacial score (nSPS) is 15.5. The van der Waals surface area contributed by atoms with Crippen molar-refractivity contribution < 1.29 is 18.7 Å². The first-order valence-corrected chi connectivity index (χ1v) is 9.68. The van der Waals surface area contributed by atoms with Crippen LogP contribution in [0.1, 0.15) is 11.1 Å². The number of imide groups is 1. The lowest BCUT2D eigenvalue weighted by molar-refractivity contribution is -0.121. The maximum Gasteiger partial charge on any atom is 0.328 e. The number of nitrogens with one attached hydrogen (secondary N) is 1. The second-order valence-corrected chi connectivity index (χ2v) is 7.87. The molecule has 0 spiro atoms. The highest BCUT2D eigenvalue weighted by Gasteiger charge is 2.30. The molecule has 0 unspecified atom stereocenters. The average molecular weight is 578 g/mol. The van der Waals surface area contributed by atoms with E-state index in [1.807, 2.05) is 12.1 Å². The third-order valence-electron chi connectivity index (χ3n) is 3.74. The van der Waals surface area contributed by atoms with Gasteiger partial charge in [-0.2, -0.15) is 0 Å². The van der Waals surface area contributed by atoms with Crippen LogP contribution in [0.4, 0.5) is 9.18 Å². The number of urea groups is 1. The van der Waals surface area contributed by atoms with Gasteiger partial charge in [0.05, 0.1) is 7.14 Å². The van der Waals surface area contributed by atoms with Gasteiger partial charge in [0.15, 0.2) is 0 Å². The molecular formula is C18H13FI2N2O3.